The summed E-state index contributed by atoms with van der Waals surface area (Å²) in [5, 5.41) is 9.00. The Morgan fingerprint density at radius 2 is 1.88 bits per heavy atom. The van der Waals surface area contributed by atoms with E-state index in [1.54, 1.807) is 32.2 Å². The molecule has 0 aliphatic heterocycles. The van der Waals surface area contributed by atoms with E-state index in [1.165, 1.54) is 11.0 Å². The molecule has 5 heteroatoms. The Hall–Kier alpha value is -3.13. The van der Waals surface area contributed by atoms with Gasteiger partial charge in [0.1, 0.15) is 6.04 Å². The van der Waals surface area contributed by atoms with E-state index in [4.69, 9.17) is 10.00 Å². The van der Waals surface area contributed by atoms with Crippen LogP contribution >= 0.6 is 0 Å². The number of amides is 1. The zero-order valence-electron chi connectivity index (χ0n) is 14.3. The summed E-state index contributed by atoms with van der Waals surface area (Å²) in [5.41, 5.74) is 1.70. The van der Waals surface area contributed by atoms with Gasteiger partial charge in [-0.3, -0.25) is 4.79 Å². The highest BCUT2D eigenvalue weighted by molar-refractivity contribution is 5.97. The fourth-order valence-corrected chi connectivity index (χ4v) is 2.52. The Labute approximate surface area is 147 Å². The lowest BCUT2D eigenvalue weighted by atomic mass is 10.0. The van der Waals surface area contributed by atoms with Crippen molar-refractivity contribution in [2.45, 2.75) is 19.4 Å². The maximum Gasteiger partial charge on any atom is 0.329 e. The van der Waals surface area contributed by atoms with E-state index in [0.717, 1.165) is 5.56 Å². The van der Waals surface area contributed by atoms with Gasteiger partial charge in [0.25, 0.3) is 5.91 Å². The maximum absolute atomic E-state index is 12.8. The number of likely N-dealkylation sites (N-methyl/N-ethyl adjacent to an activating group) is 1. The van der Waals surface area contributed by atoms with Gasteiger partial charge >= 0.3 is 5.97 Å². The van der Waals surface area contributed by atoms with E-state index in [0.29, 0.717) is 17.5 Å². The lowest BCUT2D eigenvalue weighted by Crippen LogP contribution is -2.44. The number of nitriles is 1. The average molecular weight is 336 g/mol. The van der Waals surface area contributed by atoms with E-state index >= 15 is 0 Å². The summed E-state index contributed by atoms with van der Waals surface area (Å²) in [6.07, 6.45) is 0.361. The Kier molecular flexibility index (Phi) is 6.30. The number of carbonyl (C=O) groups excluding carboxylic acids is 2. The van der Waals surface area contributed by atoms with Crippen molar-refractivity contribution in [1.82, 2.24) is 4.90 Å². The van der Waals surface area contributed by atoms with E-state index in [1.807, 2.05) is 36.4 Å². The van der Waals surface area contributed by atoms with Crippen LogP contribution in [0, 0.1) is 11.3 Å². The Balaban J connectivity index is 2.27. The zero-order valence-corrected chi connectivity index (χ0v) is 14.3. The Morgan fingerprint density at radius 3 is 2.52 bits per heavy atom. The van der Waals surface area contributed by atoms with Crippen LogP contribution in [0.3, 0.4) is 0 Å². The summed E-state index contributed by atoms with van der Waals surface area (Å²) < 4.78 is 5.14. The maximum atomic E-state index is 12.8. The number of esters is 1. The molecule has 0 aliphatic carbocycles. The highest BCUT2D eigenvalue weighted by atomic mass is 16.5. The van der Waals surface area contributed by atoms with Crippen LogP contribution in [0.4, 0.5) is 0 Å². The third kappa shape index (κ3) is 4.67. The standard InChI is InChI=1S/C20H20N2O3/c1-3-25-20(24)18(13-15-8-5-4-6-9-15)22(2)19(23)17-11-7-10-16(12-17)14-21/h4-12,18H,3,13H2,1-2H3. The molecule has 128 valence electrons. The molecule has 0 N–H and O–H groups in total. The van der Waals surface area contributed by atoms with Crippen LogP contribution in [0.5, 0.6) is 0 Å². The van der Waals surface area contributed by atoms with Crippen molar-refractivity contribution < 1.29 is 14.3 Å². The fraction of sp³-hybridized carbons (Fsp3) is 0.250. The zero-order chi connectivity index (χ0) is 18.2. The first-order chi connectivity index (χ1) is 12.1. The van der Waals surface area contributed by atoms with Crippen molar-refractivity contribution in [1.29, 1.82) is 5.26 Å². The van der Waals surface area contributed by atoms with Gasteiger partial charge in [0, 0.05) is 19.0 Å². The van der Waals surface area contributed by atoms with Crippen LogP contribution in [0.15, 0.2) is 54.6 Å². The summed E-state index contributed by atoms with van der Waals surface area (Å²) in [5.74, 6) is -0.773. The number of benzene rings is 2. The minimum Gasteiger partial charge on any atom is -0.464 e. The first-order valence-corrected chi connectivity index (χ1v) is 8.04. The smallest absolute Gasteiger partial charge is 0.329 e. The summed E-state index contributed by atoms with van der Waals surface area (Å²) in [6.45, 7) is 1.98. The molecule has 0 saturated carbocycles. The third-order valence-electron chi connectivity index (χ3n) is 3.86. The Bertz CT molecular complexity index is 781. The third-order valence-corrected chi connectivity index (χ3v) is 3.86. The van der Waals surface area contributed by atoms with Gasteiger partial charge in [0.05, 0.1) is 18.2 Å². The molecule has 0 saturated heterocycles. The highest BCUT2D eigenvalue weighted by Gasteiger charge is 2.29. The Morgan fingerprint density at radius 1 is 1.16 bits per heavy atom. The first-order valence-electron chi connectivity index (χ1n) is 8.04. The molecule has 1 atom stereocenters. The predicted molar refractivity (Wildman–Crippen MR) is 93.8 cm³/mol. The minimum absolute atomic E-state index is 0.246. The average Bonchev–Trinajstić information content (AvgIpc) is 2.66. The van der Waals surface area contributed by atoms with Crippen LogP contribution in [-0.4, -0.2) is 36.5 Å². The van der Waals surface area contributed by atoms with Gasteiger partial charge < -0.3 is 9.64 Å². The molecule has 0 bridgehead atoms. The number of carbonyl (C=O) groups is 2. The number of hydrogen-bond donors (Lipinski definition) is 0. The monoisotopic (exact) mass is 336 g/mol. The number of nitrogens with zero attached hydrogens (tertiary/aromatic N) is 2. The van der Waals surface area contributed by atoms with Gasteiger partial charge in [0.15, 0.2) is 0 Å². The molecule has 1 unspecified atom stereocenters. The molecule has 0 heterocycles. The predicted octanol–water partition coefficient (Wildman–Crippen LogP) is 2.80. The topological polar surface area (TPSA) is 70.4 Å². The van der Waals surface area contributed by atoms with Gasteiger partial charge in [-0.2, -0.15) is 5.26 Å². The molecule has 0 spiro atoms. The molecular formula is C20H20N2O3. The fourth-order valence-electron chi connectivity index (χ4n) is 2.52. The molecule has 0 fully saturated rings. The van der Waals surface area contributed by atoms with Crippen molar-refractivity contribution in [2.75, 3.05) is 13.7 Å². The molecule has 0 aromatic heterocycles. The molecular weight excluding hydrogens is 316 g/mol. The van der Waals surface area contributed by atoms with Crippen LogP contribution < -0.4 is 0 Å². The second-order valence-electron chi connectivity index (χ2n) is 5.57. The molecule has 2 rings (SSSR count). The van der Waals surface area contributed by atoms with Gasteiger partial charge in [-0.1, -0.05) is 36.4 Å². The quantitative estimate of drug-likeness (QED) is 0.761. The molecule has 5 nitrogen and oxygen atoms in total. The second-order valence-corrected chi connectivity index (χ2v) is 5.57. The van der Waals surface area contributed by atoms with Crippen LogP contribution in [0.1, 0.15) is 28.4 Å². The molecule has 2 aromatic carbocycles. The lowest BCUT2D eigenvalue weighted by Gasteiger charge is -2.26. The summed E-state index contributed by atoms with van der Waals surface area (Å²) in [6, 6.07) is 17.2. The van der Waals surface area contributed by atoms with Crippen LogP contribution in [0.25, 0.3) is 0 Å². The van der Waals surface area contributed by atoms with Gasteiger partial charge in [0.2, 0.25) is 0 Å². The van der Waals surface area contributed by atoms with Gasteiger partial charge in [-0.05, 0) is 30.7 Å². The lowest BCUT2D eigenvalue weighted by molar-refractivity contribution is -0.148. The van der Waals surface area contributed by atoms with Crippen molar-refractivity contribution in [3.05, 3.63) is 71.3 Å². The number of ether oxygens (including phenoxy) is 1. The first kappa shape index (κ1) is 18.2. The van der Waals surface area contributed by atoms with Crippen molar-refractivity contribution in [3.63, 3.8) is 0 Å². The normalized spacial score (nSPS) is 11.2. The van der Waals surface area contributed by atoms with E-state index in [2.05, 4.69) is 0 Å². The van der Waals surface area contributed by atoms with E-state index < -0.39 is 12.0 Å². The molecule has 0 aliphatic rings. The molecule has 25 heavy (non-hydrogen) atoms. The molecule has 1 amide bonds. The van der Waals surface area contributed by atoms with Gasteiger partial charge in [-0.25, -0.2) is 4.79 Å². The second kappa shape index (κ2) is 8.65. The number of hydrogen-bond acceptors (Lipinski definition) is 4. The SMILES string of the molecule is CCOC(=O)C(Cc1ccccc1)N(C)C(=O)c1cccc(C#N)c1. The van der Waals surface area contributed by atoms with Crippen molar-refractivity contribution >= 4 is 11.9 Å². The highest BCUT2D eigenvalue weighted by Crippen LogP contribution is 2.14. The molecule has 2 aromatic rings. The largest absolute Gasteiger partial charge is 0.464 e. The molecule has 0 radical (unpaired) electrons. The van der Waals surface area contributed by atoms with Crippen molar-refractivity contribution in [2.24, 2.45) is 0 Å². The van der Waals surface area contributed by atoms with Gasteiger partial charge in [-0.15, -0.1) is 0 Å². The van der Waals surface area contributed by atoms with E-state index in [-0.39, 0.29) is 12.5 Å². The summed E-state index contributed by atoms with van der Waals surface area (Å²) >= 11 is 0. The summed E-state index contributed by atoms with van der Waals surface area (Å²) in [7, 11) is 1.58. The van der Waals surface area contributed by atoms with Crippen LogP contribution in [-0.2, 0) is 16.0 Å². The minimum atomic E-state index is -0.736. The number of rotatable bonds is 6. The van der Waals surface area contributed by atoms with Crippen LogP contribution in [0.2, 0.25) is 0 Å². The van der Waals surface area contributed by atoms with Crippen molar-refractivity contribution in [3.8, 4) is 6.07 Å². The van der Waals surface area contributed by atoms with E-state index in [9.17, 15) is 9.59 Å². The summed E-state index contributed by atoms with van der Waals surface area (Å²) in [4.78, 5) is 26.5.